The lowest BCUT2D eigenvalue weighted by molar-refractivity contribution is 0.333. The first kappa shape index (κ1) is 14.0. The maximum Gasteiger partial charge on any atom is 0.125 e. The van der Waals surface area contributed by atoms with Crippen LogP contribution in [0, 0.1) is 11.2 Å². The quantitative estimate of drug-likeness (QED) is 0.924. The second kappa shape index (κ2) is 4.93. The summed E-state index contributed by atoms with van der Waals surface area (Å²) < 4.78 is 15.3. The first-order valence-electron chi connectivity index (χ1n) is 6.64. The summed E-state index contributed by atoms with van der Waals surface area (Å²) in [5, 5.41) is 0. The Morgan fingerprint density at radius 1 is 1.37 bits per heavy atom. The SMILES string of the molecule is Cn1c(C(CN)CC(C)(C)C)nc2cc(F)ccc21. The second-order valence-corrected chi connectivity index (χ2v) is 6.36. The van der Waals surface area contributed by atoms with Gasteiger partial charge in [0.25, 0.3) is 0 Å². The highest BCUT2D eigenvalue weighted by Crippen LogP contribution is 2.31. The van der Waals surface area contributed by atoms with Gasteiger partial charge in [-0.1, -0.05) is 20.8 Å². The van der Waals surface area contributed by atoms with Crippen LogP contribution < -0.4 is 5.73 Å². The molecule has 3 nitrogen and oxygen atoms in total. The Hall–Kier alpha value is -1.42. The van der Waals surface area contributed by atoms with Crippen molar-refractivity contribution in [2.75, 3.05) is 6.54 Å². The molecule has 1 aromatic carbocycles. The molecule has 1 aromatic heterocycles. The normalized spacial score (nSPS) is 14.0. The number of hydrogen-bond acceptors (Lipinski definition) is 2. The van der Waals surface area contributed by atoms with Crippen LogP contribution in [0.5, 0.6) is 0 Å². The Morgan fingerprint density at radius 3 is 2.63 bits per heavy atom. The van der Waals surface area contributed by atoms with Gasteiger partial charge < -0.3 is 10.3 Å². The zero-order valence-electron chi connectivity index (χ0n) is 12.1. The fraction of sp³-hybridized carbons (Fsp3) is 0.533. The van der Waals surface area contributed by atoms with Crippen LogP contribution >= 0.6 is 0 Å². The van der Waals surface area contributed by atoms with Crippen molar-refractivity contribution in [2.24, 2.45) is 18.2 Å². The third-order valence-corrected chi connectivity index (χ3v) is 3.39. The van der Waals surface area contributed by atoms with Gasteiger partial charge in [-0.25, -0.2) is 9.37 Å². The Morgan fingerprint density at radius 2 is 2.05 bits per heavy atom. The standard InChI is InChI=1S/C15H22FN3/c1-15(2,3)8-10(9-17)14-18-12-7-11(16)5-6-13(12)19(14)4/h5-7,10H,8-9,17H2,1-4H3. The van der Waals surface area contributed by atoms with Gasteiger partial charge in [0.1, 0.15) is 11.6 Å². The molecule has 0 bridgehead atoms. The van der Waals surface area contributed by atoms with E-state index in [1.165, 1.54) is 12.1 Å². The van der Waals surface area contributed by atoms with Gasteiger partial charge in [0.2, 0.25) is 0 Å². The summed E-state index contributed by atoms with van der Waals surface area (Å²) in [6, 6.07) is 4.71. The molecule has 2 aromatic rings. The van der Waals surface area contributed by atoms with Crippen LogP contribution in [0.15, 0.2) is 18.2 Å². The molecule has 104 valence electrons. The molecule has 0 amide bonds. The van der Waals surface area contributed by atoms with Gasteiger partial charge in [-0.15, -0.1) is 0 Å². The molecular weight excluding hydrogens is 241 g/mol. The number of nitrogens with two attached hydrogens (primary N) is 1. The lowest BCUT2D eigenvalue weighted by Gasteiger charge is -2.24. The van der Waals surface area contributed by atoms with Crippen molar-refractivity contribution in [3.8, 4) is 0 Å². The summed E-state index contributed by atoms with van der Waals surface area (Å²) in [5.41, 5.74) is 7.74. The van der Waals surface area contributed by atoms with E-state index in [9.17, 15) is 4.39 Å². The number of fused-ring (bicyclic) bond motifs is 1. The summed E-state index contributed by atoms with van der Waals surface area (Å²) in [6.45, 7) is 7.13. The zero-order chi connectivity index (χ0) is 14.2. The minimum absolute atomic E-state index is 0.188. The molecule has 2 rings (SSSR count). The Labute approximate surface area is 113 Å². The molecule has 0 radical (unpaired) electrons. The summed E-state index contributed by atoms with van der Waals surface area (Å²) in [4.78, 5) is 4.57. The van der Waals surface area contributed by atoms with Crippen LogP contribution in [0.2, 0.25) is 0 Å². The molecule has 0 saturated carbocycles. The van der Waals surface area contributed by atoms with E-state index in [2.05, 4.69) is 25.8 Å². The number of hydrogen-bond donors (Lipinski definition) is 1. The van der Waals surface area contributed by atoms with Gasteiger partial charge in [-0.05, 0) is 24.0 Å². The number of aromatic nitrogens is 2. The van der Waals surface area contributed by atoms with Crippen molar-refractivity contribution in [3.63, 3.8) is 0 Å². The number of aryl methyl sites for hydroxylation is 1. The number of halogens is 1. The minimum Gasteiger partial charge on any atom is -0.331 e. The maximum atomic E-state index is 13.3. The van der Waals surface area contributed by atoms with Crippen LogP contribution in [0.3, 0.4) is 0 Å². The fourth-order valence-corrected chi connectivity index (χ4v) is 2.58. The lowest BCUT2D eigenvalue weighted by atomic mass is 9.84. The van der Waals surface area contributed by atoms with Crippen LogP contribution in [-0.4, -0.2) is 16.1 Å². The molecule has 1 unspecified atom stereocenters. The number of rotatable bonds is 3. The van der Waals surface area contributed by atoms with Crippen molar-refractivity contribution >= 4 is 11.0 Å². The van der Waals surface area contributed by atoms with Crippen molar-refractivity contribution in [1.82, 2.24) is 9.55 Å². The lowest BCUT2D eigenvalue weighted by Crippen LogP contribution is -2.22. The summed E-state index contributed by atoms with van der Waals surface area (Å²) in [6.07, 6.45) is 0.961. The minimum atomic E-state index is -0.253. The van der Waals surface area contributed by atoms with E-state index in [0.29, 0.717) is 12.1 Å². The smallest absolute Gasteiger partial charge is 0.125 e. The van der Waals surface area contributed by atoms with E-state index >= 15 is 0 Å². The summed E-state index contributed by atoms with van der Waals surface area (Å²) in [7, 11) is 1.97. The van der Waals surface area contributed by atoms with Gasteiger partial charge in [0.15, 0.2) is 0 Å². The van der Waals surface area contributed by atoms with Crippen molar-refractivity contribution in [2.45, 2.75) is 33.1 Å². The van der Waals surface area contributed by atoms with Crippen LogP contribution in [0.4, 0.5) is 4.39 Å². The Kier molecular flexibility index (Phi) is 3.63. The first-order valence-corrected chi connectivity index (χ1v) is 6.64. The second-order valence-electron chi connectivity index (χ2n) is 6.36. The monoisotopic (exact) mass is 263 g/mol. The number of nitrogens with zero attached hydrogens (tertiary/aromatic N) is 2. The highest BCUT2D eigenvalue weighted by molar-refractivity contribution is 5.76. The molecule has 0 aliphatic carbocycles. The fourth-order valence-electron chi connectivity index (χ4n) is 2.58. The molecule has 0 aliphatic rings. The van der Waals surface area contributed by atoms with Crippen molar-refractivity contribution in [1.29, 1.82) is 0 Å². The Bertz CT molecular complexity index is 581. The van der Waals surface area contributed by atoms with E-state index in [0.717, 1.165) is 17.8 Å². The van der Waals surface area contributed by atoms with E-state index in [4.69, 9.17) is 5.73 Å². The third-order valence-electron chi connectivity index (χ3n) is 3.39. The first-order chi connectivity index (χ1) is 8.81. The molecule has 0 aliphatic heterocycles. The summed E-state index contributed by atoms with van der Waals surface area (Å²) in [5.74, 6) is 0.885. The predicted octanol–water partition coefficient (Wildman–Crippen LogP) is 3.19. The van der Waals surface area contributed by atoms with E-state index < -0.39 is 0 Å². The summed E-state index contributed by atoms with van der Waals surface area (Å²) >= 11 is 0. The molecule has 1 atom stereocenters. The number of imidazole rings is 1. The molecular formula is C15H22FN3. The van der Waals surface area contributed by atoms with Gasteiger partial charge in [0.05, 0.1) is 11.0 Å². The predicted molar refractivity (Wildman–Crippen MR) is 76.5 cm³/mol. The van der Waals surface area contributed by atoms with Crippen molar-refractivity contribution < 1.29 is 4.39 Å². The molecule has 1 heterocycles. The molecule has 0 fully saturated rings. The third kappa shape index (κ3) is 2.95. The van der Waals surface area contributed by atoms with E-state index in [1.807, 2.05) is 11.6 Å². The Balaban J connectivity index is 2.46. The van der Waals surface area contributed by atoms with Crippen LogP contribution in [0.25, 0.3) is 11.0 Å². The largest absolute Gasteiger partial charge is 0.331 e. The van der Waals surface area contributed by atoms with Gasteiger partial charge in [-0.2, -0.15) is 0 Å². The average Bonchev–Trinajstić information content (AvgIpc) is 2.62. The molecule has 2 N–H and O–H groups in total. The van der Waals surface area contributed by atoms with E-state index in [-0.39, 0.29) is 17.2 Å². The molecule has 19 heavy (non-hydrogen) atoms. The topological polar surface area (TPSA) is 43.8 Å². The van der Waals surface area contributed by atoms with Crippen LogP contribution in [-0.2, 0) is 7.05 Å². The van der Waals surface area contributed by atoms with Gasteiger partial charge in [0, 0.05) is 25.6 Å². The number of benzene rings is 1. The zero-order valence-corrected chi connectivity index (χ0v) is 12.1. The molecule has 0 spiro atoms. The highest BCUT2D eigenvalue weighted by Gasteiger charge is 2.23. The highest BCUT2D eigenvalue weighted by atomic mass is 19.1. The van der Waals surface area contributed by atoms with Crippen molar-refractivity contribution in [3.05, 3.63) is 29.8 Å². The van der Waals surface area contributed by atoms with Crippen LogP contribution in [0.1, 0.15) is 38.9 Å². The molecule has 0 saturated heterocycles. The van der Waals surface area contributed by atoms with Gasteiger partial charge in [-0.3, -0.25) is 0 Å². The average molecular weight is 263 g/mol. The van der Waals surface area contributed by atoms with E-state index in [1.54, 1.807) is 6.07 Å². The maximum absolute atomic E-state index is 13.3. The van der Waals surface area contributed by atoms with Gasteiger partial charge >= 0.3 is 0 Å². The molecule has 4 heteroatoms.